The zero-order valence-electron chi connectivity index (χ0n) is 15.6. The SMILES string of the molecule is COc1cc(-c2ccc(C(=O)NC(C)c3cnn(C)c3)cc2)nc(OC)n1. The lowest BCUT2D eigenvalue weighted by molar-refractivity contribution is 0.0940. The fourth-order valence-corrected chi connectivity index (χ4v) is 2.57. The topological polar surface area (TPSA) is 91.2 Å². The minimum atomic E-state index is -0.157. The molecule has 0 radical (unpaired) electrons. The molecule has 0 saturated heterocycles. The Bertz CT molecular complexity index is 915. The molecule has 140 valence electrons. The molecule has 8 heteroatoms. The Kier molecular flexibility index (Phi) is 5.35. The molecule has 27 heavy (non-hydrogen) atoms. The quantitative estimate of drug-likeness (QED) is 0.719. The molecule has 1 atom stereocenters. The molecule has 1 unspecified atom stereocenters. The Hall–Kier alpha value is -3.42. The van der Waals surface area contributed by atoms with Gasteiger partial charge in [-0.2, -0.15) is 15.1 Å². The number of rotatable bonds is 6. The number of methoxy groups -OCH3 is 2. The third kappa shape index (κ3) is 4.22. The maximum Gasteiger partial charge on any atom is 0.320 e. The Balaban J connectivity index is 1.76. The Morgan fingerprint density at radius 2 is 1.89 bits per heavy atom. The highest BCUT2D eigenvalue weighted by molar-refractivity contribution is 5.94. The molecule has 0 aliphatic heterocycles. The second-order valence-electron chi connectivity index (χ2n) is 6.00. The van der Waals surface area contributed by atoms with E-state index in [2.05, 4.69) is 20.4 Å². The molecule has 0 spiro atoms. The number of carbonyl (C=O) groups excluding carboxylic acids is 1. The summed E-state index contributed by atoms with van der Waals surface area (Å²) in [6.07, 6.45) is 3.62. The van der Waals surface area contributed by atoms with Gasteiger partial charge in [0.2, 0.25) is 5.88 Å². The van der Waals surface area contributed by atoms with Crippen molar-refractivity contribution in [2.45, 2.75) is 13.0 Å². The van der Waals surface area contributed by atoms with Crippen molar-refractivity contribution < 1.29 is 14.3 Å². The van der Waals surface area contributed by atoms with Crippen LogP contribution in [0.5, 0.6) is 11.9 Å². The summed E-state index contributed by atoms with van der Waals surface area (Å²) in [7, 11) is 4.87. The van der Waals surface area contributed by atoms with Crippen LogP contribution >= 0.6 is 0 Å². The van der Waals surface area contributed by atoms with Gasteiger partial charge >= 0.3 is 6.01 Å². The highest BCUT2D eigenvalue weighted by Crippen LogP contribution is 2.24. The average Bonchev–Trinajstić information content (AvgIpc) is 3.14. The first-order valence-electron chi connectivity index (χ1n) is 8.37. The molecule has 1 N–H and O–H groups in total. The first kappa shape index (κ1) is 18.4. The number of amides is 1. The largest absolute Gasteiger partial charge is 0.481 e. The highest BCUT2D eigenvalue weighted by atomic mass is 16.5. The van der Waals surface area contributed by atoms with Crippen LogP contribution in [0.25, 0.3) is 11.3 Å². The van der Waals surface area contributed by atoms with E-state index in [1.807, 2.05) is 32.3 Å². The number of aromatic nitrogens is 4. The minimum absolute atomic E-state index is 0.138. The normalized spacial score (nSPS) is 11.7. The smallest absolute Gasteiger partial charge is 0.320 e. The summed E-state index contributed by atoms with van der Waals surface area (Å²) in [5.74, 6) is 0.250. The number of benzene rings is 1. The average molecular weight is 367 g/mol. The first-order chi connectivity index (χ1) is 13.0. The molecule has 3 rings (SSSR count). The number of aryl methyl sites for hydroxylation is 1. The molecule has 2 aromatic heterocycles. The van der Waals surface area contributed by atoms with Gasteiger partial charge in [0.15, 0.2) is 0 Å². The van der Waals surface area contributed by atoms with Crippen LogP contribution in [0.4, 0.5) is 0 Å². The van der Waals surface area contributed by atoms with Crippen LogP contribution in [-0.4, -0.2) is 39.9 Å². The van der Waals surface area contributed by atoms with Crippen LogP contribution in [-0.2, 0) is 7.05 Å². The van der Waals surface area contributed by atoms with Gasteiger partial charge in [-0.25, -0.2) is 0 Å². The molecule has 0 aliphatic rings. The van der Waals surface area contributed by atoms with Gasteiger partial charge in [0.25, 0.3) is 5.91 Å². The van der Waals surface area contributed by atoms with Gasteiger partial charge in [0.05, 0.1) is 32.2 Å². The van der Waals surface area contributed by atoms with Crippen molar-refractivity contribution in [3.8, 4) is 23.1 Å². The van der Waals surface area contributed by atoms with E-state index in [-0.39, 0.29) is 18.0 Å². The van der Waals surface area contributed by atoms with Crippen LogP contribution in [0.15, 0.2) is 42.7 Å². The second-order valence-corrected chi connectivity index (χ2v) is 6.00. The van der Waals surface area contributed by atoms with Crippen molar-refractivity contribution in [3.05, 3.63) is 53.9 Å². The molecule has 3 aromatic rings. The van der Waals surface area contributed by atoms with Gasteiger partial charge in [-0.1, -0.05) is 12.1 Å². The van der Waals surface area contributed by atoms with Crippen molar-refractivity contribution in [1.29, 1.82) is 0 Å². The number of hydrogen-bond acceptors (Lipinski definition) is 6. The van der Waals surface area contributed by atoms with Crippen molar-refractivity contribution in [1.82, 2.24) is 25.1 Å². The van der Waals surface area contributed by atoms with Crippen LogP contribution in [0.2, 0.25) is 0 Å². The van der Waals surface area contributed by atoms with Gasteiger partial charge in [-0.05, 0) is 19.1 Å². The lowest BCUT2D eigenvalue weighted by Gasteiger charge is -2.12. The third-order valence-electron chi connectivity index (χ3n) is 4.09. The molecule has 0 bridgehead atoms. The maximum absolute atomic E-state index is 12.5. The highest BCUT2D eigenvalue weighted by Gasteiger charge is 2.13. The number of hydrogen-bond donors (Lipinski definition) is 1. The number of nitrogens with zero attached hydrogens (tertiary/aromatic N) is 4. The van der Waals surface area contributed by atoms with Crippen molar-refractivity contribution >= 4 is 5.91 Å². The second kappa shape index (κ2) is 7.86. The lowest BCUT2D eigenvalue weighted by atomic mass is 10.1. The number of nitrogens with one attached hydrogen (secondary N) is 1. The summed E-state index contributed by atoms with van der Waals surface area (Å²) in [6.45, 7) is 1.92. The molecule has 2 heterocycles. The van der Waals surface area contributed by atoms with Crippen molar-refractivity contribution in [3.63, 3.8) is 0 Å². The lowest BCUT2D eigenvalue weighted by Crippen LogP contribution is -2.26. The summed E-state index contributed by atoms with van der Waals surface area (Å²) < 4.78 is 12.0. The molecule has 1 amide bonds. The van der Waals surface area contributed by atoms with E-state index in [4.69, 9.17) is 9.47 Å². The summed E-state index contributed by atoms with van der Waals surface area (Å²) in [5.41, 5.74) is 2.98. The van der Waals surface area contributed by atoms with E-state index in [1.54, 1.807) is 29.1 Å². The summed E-state index contributed by atoms with van der Waals surface area (Å²) >= 11 is 0. The minimum Gasteiger partial charge on any atom is -0.481 e. The van der Waals surface area contributed by atoms with E-state index in [9.17, 15) is 4.79 Å². The van der Waals surface area contributed by atoms with Crippen LogP contribution < -0.4 is 14.8 Å². The van der Waals surface area contributed by atoms with Crippen molar-refractivity contribution in [2.75, 3.05) is 14.2 Å². The molecule has 8 nitrogen and oxygen atoms in total. The van der Waals surface area contributed by atoms with Crippen molar-refractivity contribution in [2.24, 2.45) is 7.05 Å². The molecule has 0 aliphatic carbocycles. The fraction of sp³-hybridized carbons (Fsp3) is 0.263. The number of ether oxygens (including phenoxy) is 2. The Morgan fingerprint density at radius 1 is 1.15 bits per heavy atom. The van der Waals surface area contributed by atoms with Gasteiger partial charge in [-0.3, -0.25) is 9.48 Å². The van der Waals surface area contributed by atoms with Crippen LogP contribution in [0, 0.1) is 0 Å². The third-order valence-corrected chi connectivity index (χ3v) is 4.09. The van der Waals surface area contributed by atoms with E-state index < -0.39 is 0 Å². The molecular formula is C19H21N5O3. The standard InChI is InChI=1S/C19H21N5O3/c1-12(15-10-20-24(2)11-15)21-18(25)14-7-5-13(6-8-14)16-9-17(26-3)23-19(22-16)27-4/h5-12H,1-4H3,(H,21,25). The molecule has 0 saturated carbocycles. The molecule has 0 fully saturated rings. The summed E-state index contributed by atoms with van der Waals surface area (Å²) in [5, 5.41) is 7.09. The van der Waals surface area contributed by atoms with E-state index in [0.29, 0.717) is 17.1 Å². The van der Waals surface area contributed by atoms with Gasteiger partial charge in [0.1, 0.15) is 0 Å². The molecule has 1 aromatic carbocycles. The monoisotopic (exact) mass is 367 g/mol. The fourth-order valence-electron chi connectivity index (χ4n) is 2.57. The molecular weight excluding hydrogens is 346 g/mol. The predicted octanol–water partition coefficient (Wildman–Crippen LogP) is 2.39. The zero-order chi connectivity index (χ0) is 19.4. The van der Waals surface area contributed by atoms with Gasteiger partial charge in [0, 0.05) is 36.0 Å². The van der Waals surface area contributed by atoms with Gasteiger partial charge in [-0.15, -0.1) is 0 Å². The Morgan fingerprint density at radius 3 is 2.48 bits per heavy atom. The van der Waals surface area contributed by atoms with E-state index >= 15 is 0 Å². The summed E-state index contributed by atoms with van der Waals surface area (Å²) in [4.78, 5) is 20.9. The van der Waals surface area contributed by atoms with E-state index in [0.717, 1.165) is 11.1 Å². The zero-order valence-corrected chi connectivity index (χ0v) is 15.6. The maximum atomic E-state index is 12.5. The van der Waals surface area contributed by atoms with E-state index in [1.165, 1.54) is 14.2 Å². The Labute approximate surface area is 157 Å². The van der Waals surface area contributed by atoms with Crippen LogP contribution in [0.3, 0.4) is 0 Å². The summed E-state index contributed by atoms with van der Waals surface area (Å²) in [6, 6.07) is 8.94. The predicted molar refractivity (Wildman–Crippen MR) is 99.7 cm³/mol. The first-order valence-corrected chi connectivity index (χ1v) is 8.37. The number of carbonyl (C=O) groups is 1. The van der Waals surface area contributed by atoms with Crippen LogP contribution in [0.1, 0.15) is 28.9 Å². The van der Waals surface area contributed by atoms with Gasteiger partial charge < -0.3 is 14.8 Å².